The molecule has 0 heterocycles. The van der Waals surface area contributed by atoms with Crippen LogP contribution in [0.2, 0.25) is 0 Å². The first-order chi connectivity index (χ1) is 14.3. The summed E-state index contributed by atoms with van der Waals surface area (Å²) in [5.41, 5.74) is 4.04. The van der Waals surface area contributed by atoms with Gasteiger partial charge >= 0.3 is 0 Å². The Labute approximate surface area is 186 Å². The Balaban J connectivity index is 1.47. The van der Waals surface area contributed by atoms with Gasteiger partial charge in [-0.15, -0.1) is 0 Å². The molecule has 1 aliphatic rings. The molecule has 0 unspecified atom stereocenters. The second-order valence-electron chi connectivity index (χ2n) is 8.57. The van der Waals surface area contributed by atoms with Crippen LogP contribution < -0.4 is 4.74 Å². The van der Waals surface area contributed by atoms with Crippen LogP contribution in [0.4, 0.5) is 0 Å². The molecule has 2 heteroatoms. The fourth-order valence-corrected chi connectivity index (χ4v) is 4.92. The summed E-state index contributed by atoms with van der Waals surface area (Å²) in [4.78, 5) is 0. The molecule has 29 heavy (non-hydrogen) atoms. The van der Waals surface area contributed by atoms with Crippen molar-refractivity contribution in [3.8, 4) is 16.9 Å². The van der Waals surface area contributed by atoms with Crippen LogP contribution in [0.15, 0.2) is 46.9 Å². The van der Waals surface area contributed by atoms with Crippen LogP contribution in [0, 0.1) is 0 Å². The van der Waals surface area contributed by atoms with Crippen LogP contribution in [-0.2, 0) is 0 Å². The molecule has 1 saturated carbocycles. The third-order valence-corrected chi connectivity index (χ3v) is 6.88. The van der Waals surface area contributed by atoms with Gasteiger partial charge in [0.05, 0.1) is 11.1 Å². The zero-order valence-corrected chi connectivity index (χ0v) is 19.7. The zero-order chi connectivity index (χ0) is 20.3. The van der Waals surface area contributed by atoms with Crippen molar-refractivity contribution in [2.75, 3.05) is 6.61 Å². The summed E-state index contributed by atoms with van der Waals surface area (Å²) in [6.07, 6.45) is 16.1. The lowest BCUT2D eigenvalue weighted by atomic mass is 9.84. The van der Waals surface area contributed by atoms with Gasteiger partial charge in [0.25, 0.3) is 0 Å². The average Bonchev–Trinajstić information content (AvgIpc) is 2.77. The van der Waals surface area contributed by atoms with Crippen molar-refractivity contribution in [3.05, 3.63) is 52.5 Å². The van der Waals surface area contributed by atoms with Crippen molar-refractivity contribution in [1.29, 1.82) is 0 Å². The molecule has 0 aliphatic heterocycles. The van der Waals surface area contributed by atoms with E-state index in [4.69, 9.17) is 4.74 Å². The van der Waals surface area contributed by atoms with Gasteiger partial charge in [0.2, 0.25) is 0 Å². The Bertz CT molecular complexity index is 716. The molecule has 158 valence electrons. The second-order valence-corrected chi connectivity index (χ2v) is 9.43. The van der Waals surface area contributed by atoms with Crippen molar-refractivity contribution in [2.24, 2.45) is 0 Å². The Hall–Kier alpha value is -1.28. The first kappa shape index (κ1) is 22.4. The van der Waals surface area contributed by atoms with Gasteiger partial charge in [0.15, 0.2) is 0 Å². The lowest BCUT2D eigenvalue weighted by Crippen LogP contribution is -2.04. The molecule has 0 atom stereocenters. The molecule has 1 fully saturated rings. The highest BCUT2D eigenvalue weighted by atomic mass is 79.9. The van der Waals surface area contributed by atoms with Crippen LogP contribution in [-0.4, -0.2) is 6.61 Å². The number of benzene rings is 2. The maximum atomic E-state index is 6.01. The zero-order valence-electron chi connectivity index (χ0n) is 18.1. The van der Waals surface area contributed by atoms with Gasteiger partial charge in [-0.2, -0.15) is 0 Å². The lowest BCUT2D eigenvalue weighted by Gasteiger charge is -2.22. The highest BCUT2D eigenvalue weighted by molar-refractivity contribution is 9.10. The molecule has 0 spiro atoms. The van der Waals surface area contributed by atoms with Crippen LogP contribution in [0.3, 0.4) is 0 Å². The van der Waals surface area contributed by atoms with Crippen molar-refractivity contribution >= 4 is 15.9 Å². The van der Waals surface area contributed by atoms with Crippen molar-refractivity contribution in [1.82, 2.24) is 0 Å². The first-order valence-electron chi connectivity index (χ1n) is 11.8. The normalized spacial score (nSPS) is 14.8. The average molecular weight is 457 g/mol. The first-order valence-corrected chi connectivity index (χ1v) is 12.6. The summed E-state index contributed by atoms with van der Waals surface area (Å²) in [5, 5.41) is 0. The van der Waals surface area contributed by atoms with Crippen molar-refractivity contribution in [2.45, 2.75) is 89.9 Å². The third-order valence-electron chi connectivity index (χ3n) is 6.26. The molecule has 3 rings (SSSR count). The monoisotopic (exact) mass is 456 g/mol. The third kappa shape index (κ3) is 7.17. The van der Waals surface area contributed by atoms with Crippen LogP contribution in [0.5, 0.6) is 5.75 Å². The summed E-state index contributed by atoms with van der Waals surface area (Å²) >= 11 is 3.71. The van der Waals surface area contributed by atoms with Crippen molar-refractivity contribution in [3.63, 3.8) is 0 Å². The van der Waals surface area contributed by atoms with Gasteiger partial charge in [-0.05, 0) is 69.9 Å². The number of hydrogen-bond donors (Lipinski definition) is 0. The Morgan fingerprint density at radius 1 is 0.793 bits per heavy atom. The highest BCUT2D eigenvalue weighted by Gasteiger charge is 2.15. The molecule has 0 bridgehead atoms. The Kier molecular flexibility index (Phi) is 9.60. The maximum absolute atomic E-state index is 6.01. The van der Waals surface area contributed by atoms with E-state index in [9.17, 15) is 0 Å². The van der Waals surface area contributed by atoms with Gasteiger partial charge < -0.3 is 4.74 Å². The smallest absolute Gasteiger partial charge is 0.133 e. The quantitative estimate of drug-likeness (QED) is 0.306. The number of halogens is 1. The van der Waals surface area contributed by atoms with E-state index >= 15 is 0 Å². The summed E-state index contributed by atoms with van der Waals surface area (Å²) in [5.74, 6) is 1.73. The molecular formula is C27H37BrO. The molecule has 0 radical (unpaired) electrons. The number of unbranched alkanes of at least 4 members (excludes halogenated alkanes) is 6. The summed E-state index contributed by atoms with van der Waals surface area (Å²) < 4.78 is 7.06. The van der Waals surface area contributed by atoms with E-state index in [2.05, 4.69) is 65.3 Å². The fraction of sp³-hybridized carbons (Fsp3) is 0.556. The minimum atomic E-state index is 0.770. The van der Waals surface area contributed by atoms with E-state index in [1.165, 1.54) is 87.3 Å². The number of hydrogen-bond acceptors (Lipinski definition) is 1. The van der Waals surface area contributed by atoms with Gasteiger partial charge in [0.1, 0.15) is 5.75 Å². The summed E-state index contributed by atoms with van der Waals surface area (Å²) in [6.45, 7) is 3.07. The molecule has 0 aromatic heterocycles. The van der Waals surface area contributed by atoms with E-state index in [0.29, 0.717) is 0 Å². The maximum Gasteiger partial charge on any atom is 0.133 e. The van der Waals surface area contributed by atoms with E-state index in [0.717, 1.165) is 29.2 Å². The van der Waals surface area contributed by atoms with Crippen LogP contribution >= 0.6 is 15.9 Å². The summed E-state index contributed by atoms with van der Waals surface area (Å²) in [7, 11) is 0. The van der Waals surface area contributed by atoms with Crippen LogP contribution in [0.1, 0.15) is 95.5 Å². The van der Waals surface area contributed by atoms with Gasteiger partial charge in [-0.25, -0.2) is 0 Å². The van der Waals surface area contributed by atoms with Crippen LogP contribution in [0.25, 0.3) is 11.1 Å². The minimum absolute atomic E-state index is 0.770. The molecule has 0 N–H and O–H groups in total. The van der Waals surface area contributed by atoms with Gasteiger partial charge in [-0.1, -0.05) is 95.0 Å². The van der Waals surface area contributed by atoms with E-state index < -0.39 is 0 Å². The predicted molar refractivity (Wildman–Crippen MR) is 129 cm³/mol. The number of rotatable bonds is 11. The van der Waals surface area contributed by atoms with E-state index in [-0.39, 0.29) is 0 Å². The molecule has 0 amide bonds. The topological polar surface area (TPSA) is 9.23 Å². The highest BCUT2D eigenvalue weighted by Crippen LogP contribution is 2.35. The largest absolute Gasteiger partial charge is 0.492 e. The SMILES string of the molecule is CCCCCCCCCOc1ccc(-c2ccc(C3CCCCC3)cc2)cc1Br. The van der Waals surface area contributed by atoms with E-state index in [1.54, 1.807) is 0 Å². The van der Waals surface area contributed by atoms with E-state index in [1.807, 2.05) is 0 Å². The molecule has 0 saturated heterocycles. The molecule has 1 nitrogen and oxygen atoms in total. The summed E-state index contributed by atoms with van der Waals surface area (Å²) in [6, 6.07) is 15.7. The Morgan fingerprint density at radius 3 is 2.14 bits per heavy atom. The predicted octanol–water partition coefficient (Wildman–Crippen LogP) is 9.29. The van der Waals surface area contributed by atoms with Gasteiger partial charge in [0, 0.05) is 0 Å². The van der Waals surface area contributed by atoms with Gasteiger partial charge in [-0.3, -0.25) is 0 Å². The van der Waals surface area contributed by atoms with Crippen molar-refractivity contribution < 1.29 is 4.74 Å². The second kappa shape index (κ2) is 12.4. The standard InChI is InChI=1S/C27H37BrO/c1-2-3-4-5-6-7-11-20-29-27-19-18-25(21-26(27)28)24-16-14-23(15-17-24)22-12-9-8-10-13-22/h14-19,21-22H,2-13,20H2,1H3. The molecule has 2 aromatic rings. The minimum Gasteiger partial charge on any atom is -0.492 e. The lowest BCUT2D eigenvalue weighted by molar-refractivity contribution is 0.302. The molecule has 1 aliphatic carbocycles. The number of ether oxygens (including phenoxy) is 1. The molecular weight excluding hydrogens is 420 g/mol. The fourth-order valence-electron chi connectivity index (χ4n) is 4.42. The Morgan fingerprint density at radius 2 is 1.45 bits per heavy atom. The molecule has 2 aromatic carbocycles.